The van der Waals surface area contributed by atoms with Crippen LogP contribution in [0.1, 0.15) is 22.9 Å². The predicted octanol–water partition coefficient (Wildman–Crippen LogP) is 4.08. The van der Waals surface area contributed by atoms with E-state index in [1.54, 1.807) is 0 Å². The monoisotopic (exact) mass is 374 g/mol. The average molecular weight is 374 g/mol. The van der Waals surface area contributed by atoms with Crippen molar-refractivity contribution in [3.05, 3.63) is 105 Å². The third-order valence-corrected chi connectivity index (χ3v) is 5.02. The van der Waals surface area contributed by atoms with Gasteiger partial charge in [-0.05, 0) is 48.7 Å². The first-order valence-electron chi connectivity index (χ1n) is 9.62. The van der Waals surface area contributed by atoms with Crippen molar-refractivity contribution in [3.8, 4) is 23.0 Å². The molecule has 2 nitrogen and oxygen atoms in total. The highest BCUT2D eigenvalue weighted by molar-refractivity contribution is 5.64. The lowest BCUT2D eigenvalue weighted by atomic mass is 9.97. The summed E-state index contributed by atoms with van der Waals surface area (Å²) in [6.07, 6.45) is 7.91. The number of hydrogen-bond donors (Lipinski definition) is 0. The van der Waals surface area contributed by atoms with Crippen LogP contribution < -0.4 is 10.4 Å². The second-order valence-corrected chi connectivity index (χ2v) is 7.19. The SMILES string of the molecule is C=c1c(-c2ccccc2)cc(C)n/c1=c1\nc(C)cc(C2C#CC=CC=C2)c1=C. The number of aromatic nitrogens is 2. The third-order valence-electron chi connectivity index (χ3n) is 5.02. The van der Waals surface area contributed by atoms with Crippen molar-refractivity contribution in [2.75, 3.05) is 0 Å². The molecule has 0 N–H and O–H groups in total. The molecule has 1 aromatic carbocycles. The summed E-state index contributed by atoms with van der Waals surface area (Å²) in [5.41, 5.74) is 5.08. The molecule has 29 heavy (non-hydrogen) atoms. The van der Waals surface area contributed by atoms with Crippen LogP contribution in [0.2, 0.25) is 0 Å². The molecule has 0 fully saturated rings. The van der Waals surface area contributed by atoms with E-state index in [-0.39, 0.29) is 5.92 Å². The summed E-state index contributed by atoms with van der Waals surface area (Å²) in [6, 6.07) is 14.4. The van der Waals surface area contributed by atoms with Gasteiger partial charge in [-0.25, -0.2) is 0 Å². The van der Waals surface area contributed by atoms with Crippen LogP contribution in [-0.2, 0) is 0 Å². The zero-order chi connectivity index (χ0) is 20.4. The molecule has 0 spiro atoms. The van der Waals surface area contributed by atoms with Crippen molar-refractivity contribution in [1.82, 2.24) is 9.97 Å². The molecule has 2 heteroatoms. The number of benzene rings is 1. The molecule has 1 atom stereocenters. The molecule has 1 unspecified atom stereocenters. The molecule has 1 aliphatic carbocycles. The fourth-order valence-corrected chi connectivity index (χ4v) is 3.62. The Labute approximate surface area is 171 Å². The molecule has 0 aliphatic heterocycles. The summed E-state index contributed by atoms with van der Waals surface area (Å²) in [5.74, 6) is 6.34. The lowest BCUT2D eigenvalue weighted by Gasteiger charge is -2.09. The topological polar surface area (TPSA) is 25.8 Å². The van der Waals surface area contributed by atoms with Gasteiger partial charge < -0.3 is 0 Å². The molecule has 1 aliphatic rings. The van der Waals surface area contributed by atoms with Crippen LogP contribution in [0.25, 0.3) is 24.3 Å². The number of hydrogen-bond acceptors (Lipinski definition) is 2. The van der Waals surface area contributed by atoms with Gasteiger partial charge in [-0.15, -0.1) is 0 Å². The quantitative estimate of drug-likeness (QED) is 0.632. The number of nitrogens with zero attached hydrogens (tertiary/aromatic N) is 2. The van der Waals surface area contributed by atoms with Gasteiger partial charge in [0.2, 0.25) is 0 Å². The number of allylic oxidation sites excluding steroid dienone is 4. The average Bonchev–Trinajstić information content (AvgIpc) is 3.01. The second-order valence-electron chi connectivity index (χ2n) is 7.19. The third kappa shape index (κ3) is 3.68. The van der Waals surface area contributed by atoms with E-state index in [1.807, 2.05) is 50.3 Å². The lowest BCUT2D eigenvalue weighted by molar-refractivity contribution is 1.00. The molecule has 0 saturated carbocycles. The Morgan fingerprint density at radius 1 is 0.862 bits per heavy atom. The molecule has 0 amide bonds. The van der Waals surface area contributed by atoms with Crippen molar-refractivity contribution >= 4 is 13.2 Å². The lowest BCUT2D eigenvalue weighted by Crippen LogP contribution is -2.19. The van der Waals surface area contributed by atoms with Crippen LogP contribution in [0.4, 0.5) is 0 Å². The van der Waals surface area contributed by atoms with E-state index in [0.717, 1.165) is 49.2 Å². The Morgan fingerprint density at radius 3 is 2.31 bits per heavy atom. The maximum Gasteiger partial charge on any atom is 0.0968 e. The first-order chi connectivity index (χ1) is 14.0. The van der Waals surface area contributed by atoms with E-state index < -0.39 is 0 Å². The largest absolute Gasteiger partial charge is 0.251 e. The molecule has 140 valence electrons. The van der Waals surface area contributed by atoms with Gasteiger partial charge in [0.15, 0.2) is 0 Å². The van der Waals surface area contributed by atoms with Crippen molar-refractivity contribution in [2.24, 2.45) is 0 Å². The number of pyridine rings is 2. The summed E-state index contributed by atoms with van der Waals surface area (Å²) in [6.45, 7) is 12.7. The van der Waals surface area contributed by atoms with Gasteiger partial charge in [0.05, 0.1) is 16.6 Å². The first-order valence-corrected chi connectivity index (χ1v) is 9.62. The number of rotatable bonds is 2. The molecule has 4 rings (SSSR count). The Balaban J connectivity index is 2.09. The minimum atomic E-state index is -0.0235. The molecular formula is C27H22N2. The zero-order valence-corrected chi connectivity index (χ0v) is 16.7. The van der Waals surface area contributed by atoms with E-state index in [4.69, 9.17) is 9.97 Å². The minimum absolute atomic E-state index is 0.0235. The molecule has 3 aromatic rings. The summed E-state index contributed by atoms with van der Waals surface area (Å²) in [4.78, 5) is 9.61. The molecule has 2 aromatic heterocycles. The Hall–Kier alpha value is -3.70. The normalized spacial score (nSPS) is 16.1. The van der Waals surface area contributed by atoms with Gasteiger partial charge in [-0.3, -0.25) is 9.97 Å². The van der Waals surface area contributed by atoms with E-state index in [1.165, 1.54) is 0 Å². The highest BCUT2D eigenvalue weighted by Gasteiger charge is 2.10. The standard InChI is InChI=1S/C27H22N2/c1-18-16-24(22-12-8-5-6-9-13-22)20(3)26(28-18)27-21(4)25(17-19(2)29-27)23-14-10-7-11-15-23/h5-8,10-12,14-17,22H,3-4H2,1-2H3/b27-26-. The highest BCUT2D eigenvalue weighted by atomic mass is 14.7. The Morgan fingerprint density at radius 2 is 1.55 bits per heavy atom. The van der Waals surface area contributed by atoms with E-state index >= 15 is 0 Å². The van der Waals surface area contributed by atoms with Gasteiger partial charge in [0, 0.05) is 21.8 Å². The zero-order valence-electron chi connectivity index (χ0n) is 16.7. The van der Waals surface area contributed by atoms with Crippen LogP contribution in [0.3, 0.4) is 0 Å². The Kier molecular flexibility index (Phi) is 4.97. The summed E-state index contributed by atoms with van der Waals surface area (Å²) < 4.78 is 0. The van der Waals surface area contributed by atoms with Gasteiger partial charge >= 0.3 is 0 Å². The van der Waals surface area contributed by atoms with E-state index in [2.05, 4.69) is 55.3 Å². The van der Waals surface area contributed by atoms with Crippen molar-refractivity contribution in [2.45, 2.75) is 19.8 Å². The van der Waals surface area contributed by atoms with Crippen LogP contribution in [0.15, 0.2) is 66.8 Å². The van der Waals surface area contributed by atoms with Gasteiger partial charge in [0.1, 0.15) is 0 Å². The van der Waals surface area contributed by atoms with Crippen LogP contribution >= 0.6 is 0 Å². The van der Waals surface area contributed by atoms with Gasteiger partial charge in [-0.2, -0.15) is 0 Å². The molecule has 0 radical (unpaired) electrons. The minimum Gasteiger partial charge on any atom is -0.251 e. The van der Waals surface area contributed by atoms with Gasteiger partial charge in [-0.1, -0.05) is 73.6 Å². The summed E-state index contributed by atoms with van der Waals surface area (Å²) in [7, 11) is 0. The fourth-order valence-electron chi connectivity index (χ4n) is 3.62. The van der Waals surface area contributed by atoms with Crippen LogP contribution in [-0.4, -0.2) is 9.97 Å². The smallest absolute Gasteiger partial charge is 0.0968 e. The molecular weight excluding hydrogens is 352 g/mol. The maximum atomic E-state index is 4.81. The van der Waals surface area contributed by atoms with Crippen molar-refractivity contribution in [1.29, 1.82) is 0 Å². The first kappa shape index (κ1) is 18.7. The van der Waals surface area contributed by atoms with Crippen molar-refractivity contribution in [3.63, 3.8) is 0 Å². The van der Waals surface area contributed by atoms with Crippen molar-refractivity contribution < 1.29 is 0 Å². The van der Waals surface area contributed by atoms with Crippen LogP contribution in [0, 0.1) is 36.4 Å². The summed E-state index contributed by atoms with van der Waals surface area (Å²) in [5, 5.41) is 3.27. The summed E-state index contributed by atoms with van der Waals surface area (Å²) >= 11 is 0. The second kappa shape index (κ2) is 7.73. The van der Waals surface area contributed by atoms with E-state index in [0.29, 0.717) is 0 Å². The molecule has 0 bridgehead atoms. The number of aryl methyl sites for hydroxylation is 2. The maximum absolute atomic E-state index is 4.81. The predicted molar refractivity (Wildman–Crippen MR) is 120 cm³/mol. The molecule has 0 saturated heterocycles. The van der Waals surface area contributed by atoms with Crippen LogP contribution in [0.5, 0.6) is 0 Å². The van der Waals surface area contributed by atoms with Gasteiger partial charge in [0.25, 0.3) is 0 Å². The fraction of sp³-hybridized carbons (Fsp3) is 0.111. The highest BCUT2D eigenvalue weighted by Crippen LogP contribution is 2.17. The Bertz CT molecular complexity index is 1400. The van der Waals surface area contributed by atoms with E-state index in [9.17, 15) is 0 Å². The molecule has 2 heterocycles.